The molecule has 3 aromatic rings. The van der Waals surface area contributed by atoms with Gasteiger partial charge >= 0.3 is 0 Å². The molecular weight excluding hydrogens is 336 g/mol. The third kappa shape index (κ3) is 3.93. The van der Waals surface area contributed by atoms with Gasteiger partial charge in [0.2, 0.25) is 5.95 Å². The molecule has 0 saturated carbocycles. The Kier molecular flexibility index (Phi) is 5.30. The van der Waals surface area contributed by atoms with Crippen LogP contribution in [-0.2, 0) is 11.2 Å². The summed E-state index contributed by atoms with van der Waals surface area (Å²) in [5, 5.41) is 3.42. The highest BCUT2D eigenvalue weighted by molar-refractivity contribution is 5.70. The first-order valence-corrected chi connectivity index (χ1v) is 9.38. The van der Waals surface area contributed by atoms with Crippen LogP contribution in [0.25, 0.3) is 11.3 Å². The van der Waals surface area contributed by atoms with Gasteiger partial charge in [0.15, 0.2) is 0 Å². The Morgan fingerprint density at radius 3 is 2.70 bits per heavy atom. The minimum absolute atomic E-state index is 0.732. The molecule has 0 fully saturated rings. The van der Waals surface area contributed by atoms with Crippen LogP contribution in [0.3, 0.4) is 0 Å². The molecule has 1 aliphatic rings. The molecule has 5 heteroatoms. The summed E-state index contributed by atoms with van der Waals surface area (Å²) in [4.78, 5) is 11.9. The Morgan fingerprint density at radius 1 is 1.04 bits per heavy atom. The van der Waals surface area contributed by atoms with Crippen molar-refractivity contribution in [3.05, 3.63) is 66.2 Å². The smallest absolute Gasteiger partial charge is 0.232 e. The molecule has 0 atom stereocenters. The van der Waals surface area contributed by atoms with Gasteiger partial charge in [-0.05, 0) is 24.5 Å². The van der Waals surface area contributed by atoms with E-state index in [1.807, 2.05) is 24.3 Å². The monoisotopic (exact) mass is 360 g/mol. The summed E-state index contributed by atoms with van der Waals surface area (Å²) in [6.45, 7) is 2.45. The molecular formula is C22H24N4O. The number of nitrogens with one attached hydrogen (secondary N) is 1. The summed E-state index contributed by atoms with van der Waals surface area (Å²) >= 11 is 0. The van der Waals surface area contributed by atoms with Gasteiger partial charge in [-0.25, -0.2) is 4.98 Å². The molecule has 1 aliphatic heterocycles. The average molecular weight is 360 g/mol. The first-order valence-electron chi connectivity index (χ1n) is 9.38. The number of benzene rings is 2. The zero-order valence-electron chi connectivity index (χ0n) is 15.6. The zero-order valence-corrected chi connectivity index (χ0v) is 15.6. The van der Waals surface area contributed by atoms with Crippen molar-refractivity contribution >= 4 is 17.5 Å². The van der Waals surface area contributed by atoms with E-state index in [4.69, 9.17) is 14.7 Å². The highest BCUT2D eigenvalue weighted by Crippen LogP contribution is 2.34. The lowest BCUT2D eigenvalue weighted by atomic mass is 10.1. The largest absolute Gasteiger partial charge is 0.385 e. The molecule has 138 valence electrons. The fraction of sp³-hybridized carbons (Fsp3) is 0.273. The van der Waals surface area contributed by atoms with E-state index in [2.05, 4.69) is 46.6 Å². The van der Waals surface area contributed by atoms with Crippen molar-refractivity contribution in [3.63, 3.8) is 0 Å². The van der Waals surface area contributed by atoms with Crippen molar-refractivity contribution in [3.8, 4) is 11.3 Å². The molecule has 1 N–H and O–H groups in total. The molecule has 0 saturated heterocycles. The predicted octanol–water partition coefficient (Wildman–Crippen LogP) is 4.29. The van der Waals surface area contributed by atoms with Crippen molar-refractivity contribution in [2.24, 2.45) is 0 Å². The lowest BCUT2D eigenvalue weighted by Crippen LogP contribution is -2.18. The van der Waals surface area contributed by atoms with Crippen molar-refractivity contribution in [2.75, 3.05) is 37.0 Å². The molecule has 0 unspecified atom stereocenters. The number of hydrogen-bond donors (Lipinski definition) is 1. The summed E-state index contributed by atoms with van der Waals surface area (Å²) in [5.74, 6) is 1.59. The van der Waals surface area contributed by atoms with E-state index in [9.17, 15) is 0 Å². The quantitative estimate of drug-likeness (QED) is 0.637. The van der Waals surface area contributed by atoms with Crippen LogP contribution < -0.4 is 10.2 Å². The number of methoxy groups -OCH3 is 1. The highest BCUT2D eigenvalue weighted by atomic mass is 16.5. The van der Waals surface area contributed by atoms with E-state index in [1.165, 1.54) is 11.3 Å². The van der Waals surface area contributed by atoms with Gasteiger partial charge in [-0.2, -0.15) is 4.98 Å². The van der Waals surface area contributed by atoms with Crippen molar-refractivity contribution in [1.29, 1.82) is 0 Å². The molecule has 5 nitrogen and oxygen atoms in total. The standard InChI is InChI=1S/C22H24N4O/c1-27-15-7-13-23-21-16-19(17-8-3-2-4-9-17)24-22(25-21)26-14-12-18-10-5-6-11-20(18)26/h2-6,8-11,16H,7,12-15H2,1H3,(H,23,24,25). The van der Waals surface area contributed by atoms with Crippen molar-refractivity contribution in [1.82, 2.24) is 9.97 Å². The molecule has 2 heterocycles. The second-order valence-electron chi connectivity index (χ2n) is 6.61. The third-order valence-electron chi connectivity index (χ3n) is 4.74. The second kappa shape index (κ2) is 8.18. The van der Waals surface area contributed by atoms with Gasteiger partial charge in [-0.3, -0.25) is 0 Å². The number of rotatable bonds is 7. The maximum Gasteiger partial charge on any atom is 0.232 e. The number of aromatic nitrogens is 2. The first-order chi connectivity index (χ1) is 13.3. The molecule has 0 aliphatic carbocycles. The summed E-state index contributed by atoms with van der Waals surface area (Å²) in [6, 6.07) is 20.8. The van der Waals surface area contributed by atoms with Crippen molar-refractivity contribution < 1.29 is 4.74 Å². The van der Waals surface area contributed by atoms with Gasteiger partial charge in [0.1, 0.15) is 5.82 Å². The topological polar surface area (TPSA) is 50.3 Å². The molecule has 2 aromatic carbocycles. The molecule has 0 radical (unpaired) electrons. The van der Waals surface area contributed by atoms with Crippen LogP contribution in [0.5, 0.6) is 0 Å². The highest BCUT2D eigenvalue weighted by Gasteiger charge is 2.23. The number of hydrogen-bond acceptors (Lipinski definition) is 5. The van der Waals surface area contributed by atoms with Gasteiger partial charge < -0.3 is 15.0 Å². The number of anilines is 3. The zero-order chi connectivity index (χ0) is 18.5. The molecule has 0 amide bonds. The van der Waals surface area contributed by atoms with E-state index in [1.54, 1.807) is 7.11 Å². The molecule has 4 rings (SSSR count). The Morgan fingerprint density at radius 2 is 1.85 bits per heavy atom. The predicted molar refractivity (Wildman–Crippen MR) is 110 cm³/mol. The van der Waals surface area contributed by atoms with Crippen LogP contribution in [0, 0.1) is 0 Å². The van der Waals surface area contributed by atoms with Gasteiger partial charge in [0.25, 0.3) is 0 Å². The van der Waals surface area contributed by atoms with Gasteiger partial charge in [-0.1, -0.05) is 48.5 Å². The van der Waals surface area contributed by atoms with Crippen LogP contribution in [0.15, 0.2) is 60.7 Å². The minimum atomic E-state index is 0.732. The summed E-state index contributed by atoms with van der Waals surface area (Å²) in [6.07, 6.45) is 1.95. The van der Waals surface area contributed by atoms with E-state index >= 15 is 0 Å². The maximum absolute atomic E-state index is 5.14. The van der Waals surface area contributed by atoms with Crippen LogP contribution in [-0.4, -0.2) is 36.8 Å². The third-order valence-corrected chi connectivity index (χ3v) is 4.74. The molecule has 27 heavy (non-hydrogen) atoms. The summed E-state index contributed by atoms with van der Waals surface area (Å²) in [5.41, 5.74) is 4.57. The fourth-order valence-corrected chi connectivity index (χ4v) is 3.38. The number of fused-ring (bicyclic) bond motifs is 1. The maximum atomic E-state index is 5.14. The van der Waals surface area contributed by atoms with Crippen LogP contribution >= 0.6 is 0 Å². The summed E-state index contributed by atoms with van der Waals surface area (Å²) in [7, 11) is 1.72. The van der Waals surface area contributed by atoms with Crippen LogP contribution in [0.2, 0.25) is 0 Å². The molecule has 0 spiro atoms. The van der Waals surface area contributed by atoms with Gasteiger partial charge in [-0.15, -0.1) is 0 Å². The van der Waals surface area contributed by atoms with E-state index in [0.29, 0.717) is 0 Å². The number of para-hydroxylation sites is 1. The van der Waals surface area contributed by atoms with Gasteiger partial charge in [0.05, 0.1) is 5.69 Å². The fourth-order valence-electron chi connectivity index (χ4n) is 3.38. The van der Waals surface area contributed by atoms with Gasteiger partial charge in [0, 0.05) is 44.1 Å². The second-order valence-corrected chi connectivity index (χ2v) is 6.61. The van der Waals surface area contributed by atoms with E-state index in [0.717, 1.165) is 55.6 Å². The Labute approximate surface area is 160 Å². The lowest BCUT2D eigenvalue weighted by molar-refractivity contribution is 0.198. The Balaban J connectivity index is 1.68. The number of nitrogens with zero attached hydrogens (tertiary/aromatic N) is 3. The molecule has 0 bridgehead atoms. The van der Waals surface area contributed by atoms with Crippen molar-refractivity contribution in [2.45, 2.75) is 12.8 Å². The Hall–Kier alpha value is -2.92. The minimum Gasteiger partial charge on any atom is -0.385 e. The van der Waals surface area contributed by atoms with Crippen LogP contribution in [0.4, 0.5) is 17.5 Å². The summed E-state index contributed by atoms with van der Waals surface area (Å²) < 4.78 is 5.14. The van der Waals surface area contributed by atoms with Crippen LogP contribution in [0.1, 0.15) is 12.0 Å². The van der Waals surface area contributed by atoms with E-state index < -0.39 is 0 Å². The normalized spacial score (nSPS) is 12.9. The van der Waals surface area contributed by atoms with E-state index in [-0.39, 0.29) is 0 Å². The Bertz CT molecular complexity index is 898. The first kappa shape index (κ1) is 17.5. The average Bonchev–Trinajstić information content (AvgIpc) is 3.16. The lowest BCUT2D eigenvalue weighted by Gasteiger charge is -2.19. The number of ether oxygens (including phenoxy) is 1. The SMILES string of the molecule is COCCCNc1cc(-c2ccccc2)nc(N2CCc3ccccc32)n1. The molecule has 1 aromatic heterocycles.